The number of hydrogen-bond acceptors (Lipinski definition) is 4. The number of anilines is 2. The van der Waals surface area contributed by atoms with E-state index in [9.17, 15) is 4.79 Å². The highest BCUT2D eigenvalue weighted by Crippen LogP contribution is 2.16. The third-order valence-corrected chi connectivity index (χ3v) is 4.39. The number of benzene rings is 2. The van der Waals surface area contributed by atoms with E-state index in [-0.39, 0.29) is 5.91 Å². The largest absolute Gasteiger partial charge is 0.354 e. The molecular formula is C22H23ClN4O. The van der Waals surface area contributed by atoms with Crippen molar-refractivity contribution in [1.82, 2.24) is 9.97 Å². The standard InChI is InChI=1S/C22H23ClN4O/c1-14-9-15(2)11-19(10-14)26-21(28)20-12-16(3)25-22(27-20)24-8-7-17-5-4-6-18(23)13-17/h4-6,9-13H,7-8H2,1-3H3,(H,26,28)(H,24,25,27). The number of nitrogens with one attached hydrogen (secondary N) is 2. The van der Waals surface area contributed by atoms with Crippen LogP contribution in [0.5, 0.6) is 0 Å². The normalized spacial score (nSPS) is 10.6. The van der Waals surface area contributed by atoms with Gasteiger partial charge in [0.25, 0.3) is 5.91 Å². The number of carbonyl (C=O) groups excluding carboxylic acids is 1. The minimum absolute atomic E-state index is 0.256. The molecule has 1 amide bonds. The minimum Gasteiger partial charge on any atom is -0.354 e. The summed E-state index contributed by atoms with van der Waals surface area (Å²) >= 11 is 6.01. The van der Waals surface area contributed by atoms with Gasteiger partial charge in [-0.3, -0.25) is 4.79 Å². The SMILES string of the molecule is Cc1cc(C)cc(NC(=O)c2cc(C)nc(NCCc3cccc(Cl)c3)n2)c1. The van der Waals surface area contributed by atoms with E-state index in [2.05, 4.69) is 26.7 Å². The summed E-state index contributed by atoms with van der Waals surface area (Å²) in [7, 11) is 0. The Labute approximate surface area is 170 Å². The van der Waals surface area contributed by atoms with Crippen LogP contribution >= 0.6 is 11.6 Å². The smallest absolute Gasteiger partial charge is 0.274 e. The molecule has 0 spiro atoms. The van der Waals surface area contributed by atoms with E-state index in [1.54, 1.807) is 6.07 Å². The molecule has 0 fully saturated rings. The van der Waals surface area contributed by atoms with E-state index in [0.717, 1.165) is 39.5 Å². The molecule has 3 aromatic rings. The molecule has 144 valence electrons. The fourth-order valence-corrected chi connectivity index (χ4v) is 3.23. The van der Waals surface area contributed by atoms with Gasteiger partial charge in [-0.25, -0.2) is 9.97 Å². The van der Waals surface area contributed by atoms with Crippen molar-refractivity contribution in [2.45, 2.75) is 27.2 Å². The van der Waals surface area contributed by atoms with E-state index in [0.29, 0.717) is 18.2 Å². The molecule has 0 radical (unpaired) electrons. The van der Waals surface area contributed by atoms with Gasteiger partial charge in [-0.05, 0) is 74.2 Å². The van der Waals surface area contributed by atoms with Crippen LogP contribution in [0.3, 0.4) is 0 Å². The quantitative estimate of drug-likeness (QED) is 0.619. The zero-order valence-corrected chi connectivity index (χ0v) is 17.0. The lowest BCUT2D eigenvalue weighted by Crippen LogP contribution is -2.17. The summed E-state index contributed by atoms with van der Waals surface area (Å²) in [6.45, 7) is 6.48. The number of halogens is 1. The van der Waals surface area contributed by atoms with Crippen molar-refractivity contribution in [3.05, 3.63) is 81.6 Å². The zero-order chi connectivity index (χ0) is 20.1. The third-order valence-electron chi connectivity index (χ3n) is 4.15. The Morgan fingerprint density at radius 1 is 1.00 bits per heavy atom. The summed E-state index contributed by atoms with van der Waals surface area (Å²) in [5.41, 5.74) is 5.13. The first-order valence-corrected chi connectivity index (χ1v) is 9.50. The van der Waals surface area contributed by atoms with E-state index in [1.165, 1.54) is 0 Å². The lowest BCUT2D eigenvalue weighted by molar-refractivity contribution is 0.102. The van der Waals surface area contributed by atoms with Crippen LogP contribution in [0.2, 0.25) is 5.02 Å². The van der Waals surface area contributed by atoms with Crippen molar-refractivity contribution < 1.29 is 4.79 Å². The number of nitrogens with zero attached hydrogens (tertiary/aromatic N) is 2. The molecule has 2 N–H and O–H groups in total. The van der Waals surface area contributed by atoms with Crippen LogP contribution in [0, 0.1) is 20.8 Å². The lowest BCUT2D eigenvalue weighted by Gasteiger charge is -2.10. The maximum absolute atomic E-state index is 12.6. The summed E-state index contributed by atoms with van der Waals surface area (Å²) < 4.78 is 0. The molecule has 0 atom stereocenters. The van der Waals surface area contributed by atoms with E-state index >= 15 is 0 Å². The Morgan fingerprint density at radius 3 is 2.46 bits per heavy atom. The van der Waals surface area contributed by atoms with Crippen LogP contribution in [0.1, 0.15) is 32.9 Å². The van der Waals surface area contributed by atoms with Crippen LogP contribution < -0.4 is 10.6 Å². The van der Waals surface area contributed by atoms with Crippen molar-refractivity contribution in [2.24, 2.45) is 0 Å². The average molecular weight is 395 g/mol. The summed E-state index contributed by atoms with van der Waals surface area (Å²) in [6.07, 6.45) is 0.780. The first kappa shape index (κ1) is 19.8. The first-order valence-electron chi connectivity index (χ1n) is 9.13. The predicted octanol–water partition coefficient (Wildman–Crippen LogP) is 4.96. The van der Waals surface area contributed by atoms with Gasteiger partial charge in [0.1, 0.15) is 5.69 Å². The van der Waals surface area contributed by atoms with Crippen molar-refractivity contribution in [3.63, 3.8) is 0 Å². The van der Waals surface area contributed by atoms with Crippen LogP contribution in [-0.4, -0.2) is 22.4 Å². The molecule has 0 aliphatic rings. The van der Waals surface area contributed by atoms with Gasteiger partial charge < -0.3 is 10.6 Å². The van der Waals surface area contributed by atoms with Gasteiger partial charge in [-0.2, -0.15) is 0 Å². The number of amides is 1. The summed E-state index contributed by atoms with van der Waals surface area (Å²) in [5, 5.41) is 6.81. The van der Waals surface area contributed by atoms with E-state index in [4.69, 9.17) is 11.6 Å². The van der Waals surface area contributed by atoms with Crippen LogP contribution in [0.25, 0.3) is 0 Å². The molecule has 5 nitrogen and oxygen atoms in total. The fourth-order valence-electron chi connectivity index (χ4n) is 3.02. The molecule has 1 heterocycles. The highest BCUT2D eigenvalue weighted by atomic mass is 35.5. The monoisotopic (exact) mass is 394 g/mol. The highest BCUT2D eigenvalue weighted by molar-refractivity contribution is 6.30. The number of carbonyl (C=O) groups is 1. The number of aryl methyl sites for hydroxylation is 3. The number of aromatic nitrogens is 2. The Balaban J connectivity index is 1.67. The van der Waals surface area contributed by atoms with Crippen molar-refractivity contribution in [3.8, 4) is 0 Å². The minimum atomic E-state index is -0.256. The second-order valence-electron chi connectivity index (χ2n) is 6.86. The second kappa shape index (κ2) is 8.85. The van der Waals surface area contributed by atoms with Crippen molar-refractivity contribution in [2.75, 3.05) is 17.2 Å². The Hall–Kier alpha value is -2.92. The topological polar surface area (TPSA) is 66.9 Å². The first-order chi connectivity index (χ1) is 13.4. The summed E-state index contributed by atoms with van der Waals surface area (Å²) in [5.74, 6) is 0.181. The second-order valence-corrected chi connectivity index (χ2v) is 7.29. The molecular weight excluding hydrogens is 372 g/mol. The molecule has 0 bridgehead atoms. The zero-order valence-electron chi connectivity index (χ0n) is 16.2. The summed E-state index contributed by atoms with van der Waals surface area (Å²) in [4.78, 5) is 21.4. The molecule has 2 aromatic carbocycles. The maximum Gasteiger partial charge on any atom is 0.274 e. The molecule has 0 aliphatic carbocycles. The van der Waals surface area contributed by atoms with Crippen molar-refractivity contribution >= 4 is 29.1 Å². The van der Waals surface area contributed by atoms with Crippen LogP contribution in [0.4, 0.5) is 11.6 Å². The summed E-state index contributed by atoms with van der Waals surface area (Å²) in [6, 6.07) is 15.3. The van der Waals surface area contributed by atoms with Gasteiger partial charge >= 0.3 is 0 Å². The van der Waals surface area contributed by atoms with Crippen molar-refractivity contribution in [1.29, 1.82) is 0 Å². The van der Waals surface area contributed by atoms with E-state index < -0.39 is 0 Å². The Morgan fingerprint density at radius 2 is 1.75 bits per heavy atom. The molecule has 0 aliphatic heterocycles. The van der Waals surface area contributed by atoms with Gasteiger partial charge in [0.2, 0.25) is 5.95 Å². The molecule has 28 heavy (non-hydrogen) atoms. The molecule has 0 saturated carbocycles. The molecule has 1 aromatic heterocycles. The number of rotatable bonds is 6. The predicted molar refractivity (Wildman–Crippen MR) is 114 cm³/mol. The average Bonchev–Trinajstić information content (AvgIpc) is 2.60. The van der Waals surface area contributed by atoms with Crippen LogP contribution in [-0.2, 0) is 6.42 Å². The molecule has 3 rings (SSSR count). The van der Waals surface area contributed by atoms with Crippen LogP contribution in [0.15, 0.2) is 48.5 Å². The van der Waals surface area contributed by atoms with Gasteiger partial charge in [-0.15, -0.1) is 0 Å². The fraction of sp³-hybridized carbons (Fsp3) is 0.227. The Bertz CT molecular complexity index is 983. The van der Waals surface area contributed by atoms with E-state index in [1.807, 2.05) is 57.2 Å². The van der Waals surface area contributed by atoms with Gasteiger partial charge in [0, 0.05) is 22.9 Å². The highest BCUT2D eigenvalue weighted by Gasteiger charge is 2.11. The van der Waals surface area contributed by atoms with Gasteiger partial charge in [0.15, 0.2) is 0 Å². The molecule has 6 heteroatoms. The van der Waals surface area contributed by atoms with Gasteiger partial charge in [-0.1, -0.05) is 29.8 Å². The number of hydrogen-bond donors (Lipinski definition) is 2. The van der Waals surface area contributed by atoms with Gasteiger partial charge in [0.05, 0.1) is 0 Å². The molecule has 0 unspecified atom stereocenters. The Kier molecular flexibility index (Phi) is 6.26. The molecule has 0 saturated heterocycles. The lowest BCUT2D eigenvalue weighted by atomic mass is 10.1. The third kappa shape index (κ3) is 5.54. The maximum atomic E-state index is 12.6.